The van der Waals surface area contributed by atoms with Gasteiger partial charge in [-0.05, 0) is 19.1 Å². The minimum absolute atomic E-state index is 0.110. The molecule has 0 bridgehead atoms. The first-order chi connectivity index (χ1) is 15.3. The van der Waals surface area contributed by atoms with Gasteiger partial charge in [-0.1, -0.05) is 11.6 Å². The molecule has 1 fully saturated rings. The predicted molar refractivity (Wildman–Crippen MR) is 117 cm³/mol. The lowest BCUT2D eigenvalue weighted by Crippen LogP contribution is -2.49. The van der Waals surface area contributed by atoms with Gasteiger partial charge in [0.2, 0.25) is 0 Å². The van der Waals surface area contributed by atoms with Crippen molar-refractivity contribution in [1.82, 2.24) is 4.90 Å². The number of nitro benzene ring substituents is 2. The van der Waals surface area contributed by atoms with Crippen molar-refractivity contribution in [3.63, 3.8) is 0 Å². The Morgan fingerprint density at radius 3 is 2.25 bits per heavy atom. The fraction of sp³-hybridized carbons (Fsp3) is 0.350. The maximum atomic E-state index is 13.1. The number of nitro groups is 2. The molecule has 12 heteroatoms. The minimum atomic E-state index is -0.636. The van der Waals surface area contributed by atoms with Crippen LogP contribution in [0.4, 0.5) is 17.1 Å². The van der Waals surface area contributed by atoms with Crippen LogP contribution in [0.25, 0.3) is 0 Å². The zero-order valence-electron chi connectivity index (χ0n) is 17.4. The number of ether oxygens (including phenoxy) is 2. The van der Waals surface area contributed by atoms with E-state index in [0.717, 1.165) is 0 Å². The first kappa shape index (κ1) is 23.1. The molecule has 1 aliphatic heterocycles. The van der Waals surface area contributed by atoms with Crippen LogP contribution < -0.4 is 14.4 Å². The van der Waals surface area contributed by atoms with Gasteiger partial charge < -0.3 is 19.3 Å². The smallest absolute Gasteiger partial charge is 0.294 e. The van der Waals surface area contributed by atoms with Crippen LogP contribution in [0.3, 0.4) is 0 Å². The van der Waals surface area contributed by atoms with Gasteiger partial charge in [-0.15, -0.1) is 0 Å². The lowest BCUT2D eigenvalue weighted by atomic mass is 10.1. The number of nitrogens with zero attached hydrogens (tertiary/aromatic N) is 4. The second-order valence-electron chi connectivity index (χ2n) is 6.88. The molecule has 2 aromatic carbocycles. The highest BCUT2D eigenvalue weighted by molar-refractivity contribution is 6.30. The summed E-state index contributed by atoms with van der Waals surface area (Å²) in [4.78, 5) is 38.2. The van der Waals surface area contributed by atoms with E-state index in [2.05, 4.69) is 0 Å². The number of methoxy groups -OCH3 is 1. The van der Waals surface area contributed by atoms with E-state index in [-0.39, 0.29) is 53.2 Å². The SMILES string of the molecule is CCOc1cc([N+](=O)[O-])c(C(=O)N2CCN(c3ccc(Cl)cc3[N+](=O)[O-])CC2)cc1OC. The Labute approximate surface area is 188 Å². The van der Waals surface area contributed by atoms with Gasteiger partial charge in [-0.2, -0.15) is 0 Å². The van der Waals surface area contributed by atoms with Gasteiger partial charge in [0.15, 0.2) is 11.5 Å². The third kappa shape index (κ3) is 4.67. The van der Waals surface area contributed by atoms with Crippen molar-refractivity contribution in [2.24, 2.45) is 0 Å². The average molecular weight is 465 g/mol. The molecular weight excluding hydrogens is 444 g/mol. The second kappa shape index (κ2) is 9.69. The summed E-state index contributed by atoms with van der Waals surface area (Å²) in [6.07, 6.45) is 0. The van der Waals surface area contributed by atoms with Crippen LogP contribution >= 0.6 is 11.6 Å². The molecule has 0 aromatic heterocycles. The highest BCUT2D eigenvalue weighted by Gasteiger charge is 2.31. The van der Waals surface area contributed by atoms with Crippen molar-refractivity contribution in [1.29, 1.82) is 0 Å². The van der Waals surface area contributed by atoms with Gasteiger partial charge in [0, 0.05) is 43.3 Å². The van der Waals surface area contributed by atoms with E-state index in [9.17, 15) is 25.0 Å². The number of piperazine rings is 1. The van der Waals surface area contributed by atoms with Gasteiger partial charge in [0.1, 0.15) is 11.3 Å². The Morgan fingerprint density at radius 1 is 1.03 bits per heavy atom. The van der Waals surface area contributed by atoms with Crippen molar-refractivity contribution in [3.05, 3.63) is 61.1 Å². The van der Waals surface area contributed by atoms with Crippen molar-refractivity contribution < 1.29 is 24.1 Å². The van der Waals surface area contributed by atoms with E-state index in [4.69, 9.17) is 21.1 Å². The number of amides is 1. The Kier molecular flexibility index (Phi) is 6.98. The summed E-state index contributed by atoms with van der Waals surface area (Å²) in [5.41, 5.74) is -0.208. The molecule has 3 rings (SSSR count). The number of halogens is 1. The van der Waals surface area contributed by atoms with Crippen LogP contribution in [0.2, 0.25) is 5.02 Å². The van der Waals surface area contributed by atoms with Gasteiger partial charge >= 0.3 is 0 Å². The van der Waals surface area contributed by atoms with E-state index in [1.54, 1.807) is 24.0 Å². The third-order valence-corrected chi connectivity index (χ3v) is 5.29. The highest BCUT2D eigenvalue weighted by atomic mass is 35.5. The van der Waals surface area contributed by atoms with Crippen LogP contribution in [0.15, 0.2) is 30.3 Å². The van der Waals surface area contributed by atoms with Crippen LogP contribution in [0.1, 0.15) is 17.3 Å². The Morgan fingerprint density at radius 2 is 1.69 bits per heavy atom. The van der Waals surface area contributed by atoms with Crippen molar-refractivity contribution in [2.45, 2.75) is 6.92 Å². The molecule has 11 nitrogen and oxygen atoms in total. The van der Waals surface area contributed by atoms with Gasteiger partial charge in [-0.3, -0.25) is 25.0 Å². The first-order valence-corrected chi connectivity index (χ1v) is 10.1. The average Bonchev–Trinajstić information content (AvgIpc) is 2.78. The molecule has 170 valence electrons. The number of rotatable bonds is 7. The van der Waals surface area contributed by atoms with E-state index < -0.39 is 15.8 Å². The maximum Gasteiger partial charge on any atom is 0.294 e. The van der Waals surface area contributed by atoms with Crippen molar-refractivity contribution in [2.75, 3.05) is 44.8 Å². The number of carbonyl (C=O) groups is 1. The maximum absolute atomic E-state index is 13.1. The van der Waals surface area contributed by atoms with Crippen molar-refractivity contribution >= 4 is 34.6 Å². The molecule has 2 aromatic rings. The topological polar surface area (TPSA) is 128 Å². The van der Waals surface area contributed by atoms with E-state index in [0.29, 0.717) is 18.8 Å². The summed E-state index contributed by atoms with van der Waals surface area (Å²) in [6.45, 7) is 3.09. The molecule has 1 aliphatic rings. The van der Waals surface area contributed by atoms with Gasteiger partial charge in [-0.25, -0.2) is 0 Å². The summed E-state index contributed by atoms with van der Waals surface area (Å²) < 4.78 is 10.6. The number of hydrogen-bond donors (Lipinski definition) is 0. The highest BCUT2D eigenvalue weighted by Crippen LogP contribution is 2.36. The van der Waals surface area contributed by atoms with E-state index in [1.165, 1.54) is 30.2 Å². The summed E-state index contributed by atoms with van der Waals surface area (Å²) in [7, 11) is 1.38. The number of hydrogen-bond acceptors (Lipinski definition) is 8. The van der Waals surface area contributed by atoms with Crippen molar-refractivity contribution in [3.8, 4) is 11.5 Å². The largest absolute Gasteiger partial charge is 0.493 e. The monoisotopic (exact) mass is 464 g/mol. The quantitative estimate of drug-likeness (QED) is 0.449. The zero-order valence-corrected chi connectivity index (χ0v) is 18.2. The molecule has 1 amide bonds. The predicted octanol–water partition coefficient (Wildman–Crippen LogP) is 3.53. The van der Waals surface area contributed by atoms with Crippen LogP contribution in [-0.4, -0.2) is 60.5 Å². The molecule has 0 saturated carbocycles. The Hall–Kier alpha value is -3.60. The van der Waals surface area contributed by atoms with Gasteiger partial charge in [0.05, 0.1) is 29.6 Å². The number of anilines is 1. The lowest BCUT2D eigenvalue weighted by Gasteiger charge is -2.35. The molecule has 1 heterocycles. The Bertz CT molecular complexity index is 1050. The third-order valence-electron chi connectivity index (χ3n) is 5.05. The van der Waals surface area contributed by atoms with E-state index >= 15 is 0 Å². The fourth-order valence-electron chi connectivity index (χ4n) is 3.53. The molecular formula is C20H21ClN4O7. The van der Waals surface area contributed by atoms with Gasteiger partial charge in [0.25, 0.3) is 17.3 Å². The standard InChI is InChI=1S/C20H21ClN4O7/c1-3-32-19-12-16(24(27)28)14(11-18(19)31-2)20(26)23-8-6-22(7-9-23)15-5-4-13(21)10-17(15)25(29)30/h4-5,10-12H,3,6-9H2,1-2H3. The summed E-state index contributed by atoms with van der Waals surface area (Å²) in [5.74, 6) is -0.127. The summed E-state index contributed by atoms with van der Waals surface area (Å²) >= 11 is 5.88. The van der Waals surface area contributed by atoms with E-state index in [1.807, 2.05) is 0 Å². The molecule has 0 N–H and O–H groups in total. The molecule has 0 radical (unpaired) electrons. The summed E-state index contributed by atoms with van der Waals surface area (Å²) in [5, 5.41) is 23.2. The second-order valence-corrected chi connectivity index (χ2v) is 7.32. The lowest BCUT2D eigenvalue weighted by molar-refractivity contribution is -0.385. The first-order valence-electron chi connectivity index (χ1n) is 9.74. The van der Waals surface area contributed by atoms with Crippen LogP contribution in [0.5, 0.6) is 11.5 Å². The van der Waals surface area contributed by atoms with Crippen LogP contribution in [-0.2, 0) is 0 Å². The molecule has 32 heavy (non-hydrogen) atoms. The molecule has 0 atom stereocenters. The van der Waals surface area contributed by atoms with Crippen LogP contribution in [0, 0.1) is 20.2 Å². The normalized spacial score (nSPS) is 13.6. The molecule has 0 spiro atoms. The Balaban J connectivity index is 1.83. The fourth-order valence-corrected chi connectivity index (χ4v) is 3.70. The zero-order chi connectivity index (χ0) is 23.4. The summed E-state index contributed by atoms with van der Waals surface area (Å²) in [6, 6.07) is 6.91. The molecule has 1 saturated heterocycles. The molecule has 0 unspecified atom stereocenters. The number of benzene rings is 2. The number of carbonyl (C=O) groups excluding carboxylic acids is 1. The minimum Gasteiger partial charge on any atom is -0.493 e. The molecule has 0 aliphatic carbocycles.